The van der Waals surface area contributed by atoms with E-state index in [1.54, 1.807) is 0 Å². The van der Waals surface area contributed by atoms with E-state index in [-0.39, 0.29) is 0 Å². The molecule has 0 aliphatic heterocycles. The molecule has 2 heteroatoms. The second kappa shape index (κ2) is 3.44. The Bertz CT molecular complexity index is 520. The van der Waals surface area contributed by atoms with Gasteiger partial charge in [-0.05, 0) is 28.3 Å². The van der Waals surface area contributed by atoms with Gasteiger partial charge in [-0.2, -0.15) is 0 Å². The Morgan fingerprint density at radius 2 is 1.56 bits per heavy atom. The molecule has 0 fully saturated rings. The van der Waals surface area contributed by atoms with Gasteiger partial charge in [0.2, 0.25) is 0 Å². The molecule has 0 saturated carbocycles. The maximum atomic E-state index is 10.1. The van der Waals surface area contributed by atoms with Crippen molar-refractivity contribution >= 4 is 0 Å². The van der Waals surface area contributed by atoms with Gasteiger partial charge in [-0.1, -0.05) is 42.5 Å². The minimum atomic E-state index is -0.860. The number of benzene rings is 2. The zero-order valence-corrected chi connectivity index (χ0v) is 8.67. The quantitative estimate of drug-likeness (QED) is 0.700. The normalized spacial score (nSPS) is 15.6. The summed E-state index contributed by atoms with van der Waals surface area (Å²) in [5.41, 5.74) is 3.83. The van der Waals surface area contributed by atoms with Gasteiger partial charge in [0.1, 0.15) is 12.2 Å². The average molecular weight is 212 g/mol. The Morgan fingerprint density at radius 1 is 0.812 bits per heavy atom. The largest absolute Gasteiger partial charge is 0.385 e. The van der Waals surface area contributed by atoms with Gasteiger partial charge in [0.05, 0.1) is 0 Å². The Balaban J connectivity index is 1.86. The molecular formula is C14H12O2. The van der Waals surface area contributed by atoms with E-state index < -0.39 is 12.2 Å². The molecule has 1 aromatic carbocycles. The van der Waals surface area contributed by atoms with Crippen molar-refractivity contribution in [3.63, 3.8) is 0 Å². The molecule has 2 unspecified atom stereocenters. The highest BCUT2D eigenvalue weighted by atomic mass is 16.3. The Kier molecular flexibility index (Phi) is 2.06. The van der Waals surface area contributed by atoms with Crippen LogP contribution in [0.15, 0.2) is 48.5 Å². The summed E-state index contributed by atoms with van der Waals surface area (Å²) in [6.07, 6.45) is -1.70. The second-order valence-corrected chi connectivity index (χ2v) is 4.10. The zero-order valence-electron chi connectivity index (χ0n) is 8.67. The zero-order chi connectivity index (χ0) is 11.1. The number of hydrogen-bond donors (Lipinski definition) is 2. The summed E-state index contributed by atoms with van der Waals surface area (Å²) in [5.74, 6) is 0. The molecule has 1 aromatic rings. The second-order valence-electron chi connectivity index (χ2n) is 4.10. The van der Waals surface area contributed by atoms with Crippen molar-refractivity contribution in [2.75, 3.05) is 0 Å². The Morgan fingerprint density at radius 3 is 2.12 bits per heavy atom. The Hall–Kier alpha value is -1.64. The standard InChI is InChI=1S/C14H12O2/c15-13(9-4-2-1-3-5-9)14(16)11-7-6-10-8-12(10)11/h1-8,13-16H. The number of aliphatic hydroxyl groups is 2. The molecule has 0 amide bonds. The first-order valence-electron chi connectivity index (χ1n) is 5.33. The van der Waals surface area contributed by atoms with Gasteiger partial charge < -0.3 is 10.2 Å². The molecule has 3 rings (SSSR count). The highest BCUT2D eigenvalue weighted by molar-refractivity contribution is 5.85. The Labute approximate surface area is 93.8 Å². The summed E-state index contributed by atoms with van der Waals surface area (Å²) in [7, 11) is 0. The lowest BCUT2D eigenvalue weighted by atomic mass is 9.99. The van der Waals surface area contributed by atoms with E-state index in [0.717, 1.165) is 16.7 Å². The van der Waals surface area contributed by atoms with Gasteiger partial charge in [-0.15, -0.1) is 0 Å². The van der Waals surface area contributed by atoms with Crippen LogP contribution < -0.4 is 0 Å². The number of hydrogen-bond acceptors (Lipinski definition) is 2. The van der Waals surface area contributed by atoms with Crippen LogP contribution >= 0.6 is 0 Å². The van der Waals surface area contributed by atoms with E-state index >= 15 is 0 Å². The van der Waals surface area contributed by atoms with Crippen molar-refractivity contribution < 1.29 is 10.2 Å². The van der Waals surface area contributed by atoms with E-state index in [2.05, 4.69) is 0 Å². The molecule has 0 bridgehead atoms. The molecule has 2 N–H and O–H groups in total. The van der Waals surface area contributed by atoms with Crippen LogP contribution in [0.3, 0.4) is 0 Å². The predicted octanol–water partition coefficient (Wildman–Crippen LogP) is 2.43. The minimum absolute atomic E-state index is 0.741. The van der Waals surface area contributed by atoms with Crippen molar-refractivity contribution in [3.05, 3.63) is 59.7 Å². The molecule has 2 nitrogen and oxygen atoms in total. The van der Waals surface area contributed by atoms with Crippen LogP contribution in [-0.2, 0) is 0 Å². The molecular weight excluding hydrogens is 200 g/mol. The third-order valence-corrected chi connectivity index (χ3v) is 3.04. The maximum Gasteiger partial charge on any atom is 0.110 e. The van der Waals surface area contributed by atoms with E-state index in [0.29, 0.717) is 0 Å². The topological polar surface area (TPSA) is 40.5 Å². The lowest BCUT2D eigenvalue weighted by molar-refractivity contribution is 0.0178. The first-order chi connectivity index (χ1) is 7.77. The first kappa shape index (κ1) is 9.58. The molecule has 0 radical (unpaired) electrons. The lowest BCUT2D eigenvalue weighted by Crippen LogP contribution is -2.09. The maximum absolute atomic E-state index is 10.1. The van der Waals surface area contributed by atoms with Gasteiger partial charge in [0.25, 0.3) is 0 Å². The monoisotopic (exact) mass is 212 g/mol. The van der Waals surface area contributed by atoms with E-state index in [9.17, 15) is 10.2 Å². The summed E-state index contributed by atoms with van der Waals surface area (Å²) >= 11 is 0. The minimum Gasteiger partial charge on any atom is -0.385 e. The van der Waals surface area contributed by atoms with Crippen molar-refractivity contribution in [1.29, 1.82) is 0 Å². The van der Waals surface area contributed by atoms with Crippen LogP contribution in [0.2, 0.25) is 0 Å². The number of aliphatic hydroxyl groups excluding tert-OH is 2. The van der Waals surface area contributed by atoms with Crippen LogP contribution in [0.1, 0.15) is 23.3 Å². The number of fused-ring (bicyclic) bond motifs is 1. The van der Waals surface area contributed by atoms with Crippen molar-refractivity contribution in [2.45, 2.75) is 12.2 Å². The summed E-state index contributed by atoms with van der Waals surface area (Å²) in [6.45, 7) is 0. The summed E-state index contributed by atoms with van der Waals surface area (Å²) < 4.78 is 0. The molecule has 0 saturated heterocycles. The van der Waals surface area contributed by atoms with Crippen LogP contribution in [-0.4, -0.2) is 10.2 Å². The van der Waals surface area contributed by atoms with Gasteiger partial charge in [0, 0.05) is 0 Å². The van der Waals surface area contributed by atoms with Crippen LogP contribution in [0.5, 0.6) is 0 Å². The summed E-state index contributed by atoms with van der Waals surface area (Å²) in [6, 6.07) is 15.1. The van der Waals surface area contributed by atoms with Crippen molar-refractivity contribution in [3.8, 4) is 11.1 Å². The predicted molar refractivity (Wildman–Crippen MR) is 61.8 cm³/mol. The van der Waals surface area contributed by atoms with Crippen LogP contribution in [0.25, 0.3) is 11.1 Å². The van der Waals surface area contributed by atoms with Crippen molar-refractivity contribution in [2.24, 2.45) is 0 Å². The lowest BCUT2D eigenvalue weighted by Gasteiger charge is -2.17. The van der Waals surface area contributed by atoms with Gasteiger partial charge >= 0.3 is 0 Å². The SMILES string of the molecule is OC(c1ccccc1)C(O)c1ccc2cc1-2. The molecule has 80 valence electrons. The van der Waals surface area contributed by atoms with Crippen molar-refractivity contribution in [1.82, 2.24) is 0 Å². The molecule has 2 atom stereocenters. The fourth-order valence-electron chi connectivity index (χ4n) is 2.04. The summed E-state index contributed by atoms with van der Waals surface area (Å²) in [4.78, 5) is 0. The fraction of sp³-hybridized carbons (Fsp3) is 0.143. The molecule has 0 aromatic heterocycles. The van der Waals surface area contributed by atoms with E-state index in [1.165, 1.54) is 5.56 Å². The number of rotatable bonds is 3. The highest BCUT2D eigenvalue weighted by Crippen LogP contribution is 2.44. The molecule has 2 aliphatic rings. The highest BCUT2D eigenvalue weighted by Gasteiger charge is 2.27. The van der Waals surface area contributed by atoms with Crippen LogP contribution in [0, 0.1) is 0 Å². The van der Waals surface area contributed by atoms with E-state index in [1.807, 2.05) is 48.5 Å². The van der Waals surface area contributed by atoms with Gasteiger partial charge in [-0.3, -0.25) is 0 Å². The first-order valence-corrected chi connectivity index (χ1v) is 5.33. The van der Waals surface area contributed by atoms with E-state index in [4.69, 9.17) is 0 Å². The average Bonchev–Trinajstić information content (AvgIpc) is 3.00. The van der Waals surface area contributed by atoms with Gasteiger partial charge in [-0.25, -0.2) is 0 Å². The summed E-state index contributed by atoms with van der Waals surface area (Å²) in [5, 5.41) is 20.1. The molecule has 16 heavy (non-hydrogen) atoms. The third-order valence-electron chi connectivity index (χ3n) is 3.04. The third kappa shape index (κ3) is 1.43. The van der Waals surface area contributed by atoms with Crippen LogP contribution in [0.4, 0.5) is 0 Å². The smallest absolute Gasteiger partial charge is 0.110 e. The van der Waals surface area contributed by atoms with Gasteiger partial charge in [0.15, 0.2) is 0 Å². The molecule has 2 aliphatic carbocycles. The molecule has 0 spiro atoms. The fourth-order valence-corrected chi connectivity index (χ4v) is 2.04. The molecule has 0 heterocycles.